The number of carbonyl (C=O) groups excluding carboxylic acids is 1. The second-order valence-corrected chi connectivity index (χ2v) is 4.63. The van der Waals surface area contributed by atoms with Crippen molar-refractivity contribution in [3.63, 3.8) is 0 Å². The summed E-state index contributed by atoms with van der Waals surface area (Å²) in [6.45, 7) is 3.68. The first kappa shape index (κ1) is 17.7. The highest BCUT2D eigenvalue weighted by Crippen LogP contribution is 2.17. The number of aromatic nitrogens is 2. The molecule has 1 aliphatic heterocycles. The van der Waals surface area contributed by atoms with Crippen molar-refractivity contribution >= 4 is 47.4 Å². The van der Waals surface area contributed by atoms with E-state index in [0.717, 1.165) is 22.5 Å². The number of fused-ring (bicyclic) bond motifs is 1. The van der Waals surface area contributed by atoms with E-state index < -0.39 is 0 Å². The van der Waals surface area contributed by atoms with Gasteiger partial charge in [0.2, 0.25) is 5.91 Å². The van der Waals surface area contributed by atoms with Gasteiger partial charge in [0.05, 0.1) is 24.2 Å². The monoisotopic (exact) mass is 332 g/mol. The van der Waals surface area contributed by atoms with E-state index in [1.54, 1.807) is 0 Å². The number of H-pyrrole nitrogens is 1. The van der Waals surface area contributed by atoms with Gasteiger partial charge in [0.15, 0.2) is 0 Å². The Morgan fingerprint density at radius 1 is 1.43 bits per heavy atom. The topological polar surface area (TPSA) is 79.0 Å². The van der Waals surface area contributed by atoms with Crippen molar-refractivity contribution in [1.82, 2.24) is 15.3 Å². The first-order valence-corrected chi connectivity index (χ1v) is 6.31. The minimum absolute atomic E-state index is 0. The van der Waals surface area contributed by atoms with E-state index in [9.17, 15) is 4.79 Å². The van der Waals surface area contributed by atoms with Gasteiger partial charge in [0.25, 0.3) is 0 Å². The molecule has 1 amide bonds. The molecule has 1 aliphatic rings. The first-order valence-electron chi connectivity index (χ1n) is 6.31. The number of hydrogen-bond acceptors (Lipinski definition) is 4. The summed E-state index contributed by atoms with van der Waals surface area (Å²) in [5, 5.41) is 6.01. The molecular weight excluding hydrogens is 315 g/mol. The third-order valence-corrected chi connectivity index (χ3v) is 3.11. The number of aromatic amines is 1. The molecule has 6 nitrogen and oxygen atoms in total. The first-order chi connectivity index (χ1) is 9.22. The minimum atomic E-state index is -0.284. The number of rotatable bonds is 2. The Morgan fingerprint density at radius 3 is 2.95 bits per heavy atom. The Balaban J connectivity index is 0.00000110. The summed E-state index contributed by atoms with van der Waals surface area (Å²) in [6, 6.07) is 5.34. The van der Waals surface area contributed by atoms with E-state index >= 15 is 0 Å². The Bertz CT molecular complexity index is 611. The molecule has 3 N–H and O–H groups in total. The van der Waals surface area contributed by atoms with E-state index in [0.29, 0.717) is 19.8 Å². The molecule has 0 saturated carbocycles. The number of hydrogen-bond donors (Lipinski definition) is 3. The fraction of sp³-hybridized carbons (Fsp3) is 0.385. The summed E-state index contributed by atoms with van der Waals surface area (Å²) < 4.78 is 5.27. The fourth-order valence-electron chi connectivity index (χ4n) is 2.18. The van der Waals surface area contributed by atoms with E-state index in [1.807, 2.05) is 25.1 Å². The number of anilines is 1. The lowest BCUT2D eigenvalue weighted by molar-refractivity contribution is -0.120. The normalized spacial score (nSPS) is 17.7. The summed E-state index contributed by atoms with van der Waals surface area (Å²) in [5.41, 5.74) is 2.58. The molecule has 1 unspecified atom stereocenters. The van der Waals surface area contributed by atoms with Crippen LogP contribution in [-0.4, -0.2) is 41.7 Å². The maximum absolute atomic E-state index is 12.0. The smallest absolute Gasteiger partial charge is 0.243 e. The van der Waals surface area contributed by atoms with E-state index in [-0.39, 0.29) is 36.8 Å². The van der Waals surface area contributed by atoms with Crippen LogP contribution in [0.3, 0.4) is 0 Å². The second-order valence-electron chi connectivity index (χ2n) is 4.63. The van der Waals surface area contributed by atoms with E-state index in [4.69, 9.17) is 4.74 Å². The van der Waals surface area contributed by atoms with Crippen molar-refractivity contribution in [3.8, 4) is 0 Å². The molecule has 0 spiro atoms. The number of halogens is 2. The molecule has 1 aromatic heterocycles. The van der Waals surface area contributed by atoms with Crippen LogP contribution in [0.15, 0.2) is 18.2 Å². The standard InChI is InChI=1S/C13H16N4O2.2ClH/c1-8-15-10-3-2-9(6-11(10)16-8)17-13(18)12-7-19-5-4-14-12;;/h2-3,6,12,14H,4-5,7H2,1H3,(H,15,16)(H,17,18);2*1H. The highest BCUT2D eigenvalue weighted by molar-refractivity contribution is 5.96. The van der Waals surface area contributed by atoms with Gasteiger partial charge in [-0.3, -0.25) is 4.79 Å². The molecule has 0 bridgehead atoms. The van der Waals surface area contributed by atoms with Gasteiger partial charge >= 0.3 is 0 Å². The number of nitrogens with zero attached hydrogens (tertiary/aromatic N) is 1. The molecule has 0 aliphatic carbocycles. The summed E-state index contributed by atoms with van der Waals surface area (Å²) in [5.74, 6) is 0.788. The van der Waals surface area contributed by atoms with Crippen LogP contribution < -0.4 is 10.6 Å². The number of amides is 1. The van der Waals surface area contributed by atoms with Crippen LogP contribution in [0.25, 0.3) is 11.0 Å². The summed E-state index contributed by atoms with van der Waals surface area (Å²) in [7, 11) is 0. The zero-order valence-electron chi connectivity index (χ0n) is 11.5. The van der Waals surface area contributed by atoms with E-state index in [1.165, 1.54) is 0 Å². The zero-order chi connectivity index (χ0) is 13.2. The van der Waals surface area contributed by atoms with Gasteiger partial charge in [0, 0.05) is 12.2 Å². The molecule has 21 heavy (non-hydrogen) atoms. The van der Waals surface area contributed by atoms with Crippen molar-refractivity contribution in [2.75, 3.05) is 25.1 Å². The van der Waals surface area contributed by atoms with E-state index in [2.05, 4.69) is 20.6 Å². The lowest BCUT2D eigenvalue weighted by Crippen LogP contribution is -2.48. The molecule has 2 aromatic rings. The highest BCUT2D eigenvalue weighted by Gasteiger charge is 2.21. The van der Waals surface area contributed by atoms with Crippen LogP contribution in [0, 0.1) is 6.92 Å². The molecule has 116 valence electrons. The van der Waals surface area contributed by atoms with Gasteiger partial charge in [-0.15, -0.1) is 24.8 Å². The lowest BCUT2D eigenvalue weighted by Gasteiger charge is -2.22. The second kappa shape index (κ2) is 7.61. The molecule has 0 radical (unpaired) electrons. The van der Waals surface area contributed by atoms with Crippen LogP contribution in [0.1, 0.15) is 5.82 Å². The zero-order valence-corrected chi connectivity index (χ0v) is 13.1. The average Bonchev–Trinajstić information content (AvgIpc) is 2.79. The van der Waals surface area contributed by atoms with Crippen molar-refractivity contribution in [1.29, 1.82) is 0 Å². The van der Waals surface area contributed by atoms with Gasteiger partial charge in [-0.2, -0.15) is 0 Å². The van der Waals surface area contributed by atoms with Gasteiger partial charge in [-0.05, 0) is 25.1 Å². The van der Waals surface area contributed by atoms with Crippen molar-refractivity contribution in [3.05, 3.63) is 24.0 Å². The van der Waals surface area contributed by atoms with Gasteiger partial charge in [-0.25, -0.2) is 4.98 Å². The molecule has 8 heteroatoms. The number of nitrogens with one attached hydrogen (secondary N) is 3. The van der Waals surface area contributed by atoms with Gasteiger partial charge in [0.1, 0.15) is 11.9 Å². The minimum Gasteiger partial charge on any atom is -0.378 e. The fourth-order valence-corrected chi connectivity index (χ4v) is 2.18. The Morgan fingerprint density at radius 2 is 2.24 bits per heavy atom. The maximum Gasteiger partial charge on any atom is 0.243 e. The van der Waals surface area contributed by atoms with Crippen LogP contribution >= 0.6 is 24.8 Å². The Kier molecular flexibility index (Phi) is 6.42. The van der Waals surface area contributed by atoms with Crippen LogP contribution in [0.5, 0.6) is 0 Å². The summed E-state index contributed by atoms with van der Waals surface area (Å²) in [6.07, 6.45) is 0. The summed E-state index contributed by atoms with van der Waals surface area (Å²) in [4.78, 5) is 19.5. The SMILES string of the molecule is Cc1nc2ccc(NC(=O)C3COCCN3)cc2[nH]1.Cl.Cl. The highest BCUT2D eigenvalue weighted by atomic mass is 35.5. The molecule has 3 rings (SSSR count). The molecule has 1 atom stereocenters. The van der Waals surface area contributed by atoms with Gasteiger partial charge in [-0.1, -0.05) is 0 Å². The number of aryl methyl sites for hydroxylation is 1. The molecule has 1 saturated heterocycles. The number of morpholine rings is 1. The summed E-state index contributed by atoms with van der Waals surface area (Å²) >= 11 is 0. The number of carbonyl (C=O) groups is 1. The largest absolute Gasteiger partial charge is 0.378 e. The Labute approximate surface area is 134 Å². The predicted molar refractivity (Wildman–Crippen MR) is 86.6 cm³/mol. The number of imidazole rings is 1. The maximum atomic E-state index is 12.0. The van der Waals surface area contributed by atoms with Crippen LogP contribution in [0.4, 0.5) is 5.69 Å². The average molecular weight is 333 g/mol. The quantitative estimate of drug-likeness (QED) is 0.781. The van der Waals surface area contributed by atoms with Crippen molar-refractivity contribution in [2.45, 2.75) is 13.0 Å². The molecule has 2 heterocycles. The number of ether oxygens (including phenoxy) is 1. The third kappa shape index (κ3) is 4.07. The predicted octanol–water partition coefficient (Wildman–Crippen LogP) is 1.64. The third-order valence-electron chi connectivity index (χ3n) is 3.11. The molecule has 1 fully saturated rings. The number of benzene rings is 1. The van der Waals surface area contributed by atoms with Crippen molar-refractivity contribution in [2.24, 2.45) is 0 Å². The lowest BCUT2D eigenvalue weighted by atomic mass is 10.2. The van der Waals surface area contributed by atoms with Gasteiger partial charge < -0.3 is 20.4 Å². The molecular formula is C13H18Cl2N4O2. The van der Waals surface area contributed by atoms with Crippen LogP contribution in [-0.2, 0) is 9.53 Å². The van der Waals surface area contributed by atoms with Crippen molar-refractivity contribution < 1.29 is 9.53 Å². The van der Waals surface area contributed by atoms with Crippen LogP contribution in [0.2, 0.25) is 0 Å². The Hall–Kier alpha value is -1.34. The molecule has 1 aromatic carbocycles.